The number of hydrogen-bond donors (Lipinski definition) is 2. The number of halogens is 2. The van der Waals surface area contributed by atoms with Gasteiger partial charge < -0.3 is 15.4 Å². The van der Waals surface area contributed by atoms with Gasteiger partial charge in [-0.2, -0.15) is 8.42 Å². The van der Waals surface area contributed by atoms with Gasteiger partial charge >= 0.3 is 59.1 Å². The zero-order valence-electron chi connectivity index (χ0n) is 16.4. The monoisotopic (exact) mass is 535 g/mol. The largest absolute Gasteiger partial charge is 1.00 e. The number of nitrogen functional groups attached to an aromatic ring is 1. The first-order valence-electron chi connectivity index (χ1n) is 7.66. The quantitative estimate of drug-likeness (QED) is 0.157. The first-order chi connectivity index (χ1) is 13.8. The third kappa shape index (κ3) is 6.34. The second-order valence-corrected chi connectivity index (χ2v) is 9.47. The van der Waals surface area contributed by atoms with Crippen LogP contribution in [0.2, 0.25) is 10.0 Å². The number of benzene rings is 3. The topological polar surface area (TPSA) is 185 Å². The molecule has 3 rings (SSSR count). The molecular weight excluding hydrogens is 527 g/mol. The van der Waals surface area contributed by atoms with Gasteiger partial charge in [-0.15, -0.1) is 10.2 Å². The molecule has 0 radical (unpaired) electrons. The van der Waals surface area contributed by atoms with Crippen molar-refractivity contribution in [3.63, 3.8) is 0 Å². The summed E-state index contributed by atoms with van der Waals surface area (Å²) >= 11 is 11.8. The number of anilines is 1. The standard InChI is InChI=1S/C16H11Cl2N3O7S2.2Na/c17-9-6-14(30(26,27)28)10(18)5-12(9)20-21-16-11(19)2-1-7-3-8(29(23,24)25)4-13(22)15(7)16;;/h1-6,22H,19H2,(H,23,24,25)(H,26,27,28);;/q;2*+1/p-2. The number of hydrogen-bond acceptors (Lipinski definition) is 9. The Morgan fingerprint density at radius 2 is 1.56 bits per heavy atom. The van der Waals surface area contributed by atoms with Crippen molar-refractivity contribution >= 4 is 71.3 Å². The summed E-state index contributed by atoms with van der Waals surface area (Å²) in [4.78, 5) is -1.34. The van der Waals surface area contributed by atoms with E-state index in [0.29, 0.717) is 6.07 Å². The van der Waals surface area contributed by atoms with Crippen LogP contribution in [0.15, 0.2) is 56.4 Å². The van der Waals surface area contributed by atoms with Gasteiger partial charge in [0.15, 0.2) is 0 Å². The van der Waals surface area contributed by atoms with Crippen molar-refractivity contribution in [3.05, 3.63) is 46.4 Å². The first kappa shape index (κ1) is 29.6. The molecule has 3 aromatic carbocycles. The summed E-state index contributed by atoms with van der Waals surface area (Å²) in [5, 5.41) is 19.5. The van der Waals surface area contributed by atoms with Crippen LogP contribution in [0.4, 0.5) is 17.1 Å². The zero-order chi connectivity index (χ0) is 22.4. The van der Waals surface area contributed by atoms with Gasteiger partial charge in [0.1, 0.15) is 26.4 Å². The molecule has 0 amide bonds. The SMILES string of the molecule is Nc1ccc2cc(S(=O)(=O)[O-])cc([O-])c2c1N=Nc1cc(Cl)c(S(=O)(=O)O)cc1Cl.[Na+].[Na+]. The minimum Gasteiger partial charge on any atom is -0.872 e. The molecule has 32 heavy (non-hydrogen) atoms. The third-order valence-electron chi connectivity index (χ3n) is 3.88. The summed E-state index contributed by atoms with van der Waals surface area (Å²) in [5.41, 5.74) is 5.63. The van der Waals surface area contributed by atoms with E-state index in [9.17, 15) is 26.5 Å². The van der Waals surface area contributed by atoms with E-state index in [2.05, 4.69) is 10.2 Å². The van der Waals surface area contributed by atoms with Gasteiger partial charge in [0.25, 0.3) is 10.1 Å². The molecule has 0 spiro atoms. The van der Waals surface area contributed by atoms with Gasteiger partial charge in [-0.3, -0.25) is 4.55 Å². The van der Waals surface area contributed by atoms with Crippen molar-refractivity contribution in [1.82, 2.24) is 0 Å². The van der Waals surface area contributed by atoms with E-state index >= 15 is 0 Å². The summed E-state index contributed by atoms with van der Waals surface area (Å²) in [6, 6.07) is 6.20. The second kappa shape index (κ2) is 10.8. The number of fused-ring (bicyclic) bond motifs is 1. The van der Waals surface area contributed by atoms with Crippen LogP contribution >= 0.6 is 23.2 Å². The zero-order valence-corrected chi connectivity index (χ0v) is 23.5. The summed E-state index contributed by atoms with van der Waals surface area (Å²) in [6.07, 6.45) is 0. The van der Waals surface area contributed by atoms with Crippen LogP contribution < -0.4 is 70.0 Å². The van der Waals surface area contributed by atoms with Crippen LogP contribution in [0.25, 0.3) is 10.8 Å². The van der Waals surface area contributed by atoms with Crippen LogP contribution in [0.5, 0.6) is 5.75 Å². The van der Waals surface area contributed by atoms with Crippen molar-refractivity contribution < 1.29 is 90.2 Å². The maximum atomic E-state index is 12.4. The van der Waals surface area contributed by atoms with Gasteiger partial charge in [-0.05, 0) is 29.7 Å². The Morgan fingerprint density at radius 3 is 2.12 bits per heavy atom. The Morgan fingerprint density at radius 1 is 0.938 bits per heavy atom. The third-order valence-corrected chi connectivity index (χ3v) is 6.32. The average molecular weight is 536 g/mol. The van der Waals surface area contributed by atoms with Crippen molar-refractivity contribution in [1.29, 1.82) is 0 Å². The molecule has 0 aliphatic carbocycles. The fraction of sp³-hybridized carbons (Fsp3) is 0. The molecule has 158 valence electrons. The van der Waals surface area contributed by atoms with Crippen LogP contribution in [0, 0.1) is 0 Å². The molecule has 3 aromatic rings. The molecule has 0 aliphatic heterocycles. The Bertz CT molecular complexity index is 1450. The average Bonchev–Trinajstić information content (AvgIpc) is 2.61. The summed E-state index contributed by atoms with van der Waals surface area (Å²) in [5.74, 6) is -0.825. The molecule has 0 bridgehead atoms. The number of rotatable bonds is 4. The maximum Gasteiger partial charge on any atom is 1.00 e. The molecule has 0 aromatic heterocycles. The summed E-state index contributed by atoms with van der Waals surface area (Å²) in [6.45, 7) is 0. The van der Waals surface area contributed by atoms with E-state index in [-0.39, 0.29) is 97.0 Å². The van der Waals surface area contributed by atoms with Gasteiger partial charge in [0.2, 0.25) is 0 Å². The molecule has 16 heteroatoms. The molecule has 0 saturated heterocycles. The van der Waals surface area contributed by atoms with Crippen LogP contribution in [-0.4, -0.2) is 25.9 Å². The van der Waals surface area contributed by atoms with Gasteiger partial charge in [-0.25, -0.2) is 8.42 Å². The van der Waals surface area contributed by atoms with E-state index in [1.807, 2.05) is 0 Å². The number of nitrogens with zero attached hydrogens (tertiary/aromatic N) is 2. The molecule has 3 N–H and O–H groups in total. The molecule has 0 atom stereocenters. The molecule has 10 nitrogen and oxygen atoms in total. The molecule has 0 aliphatic rings. The van der Waals surface area contributed by atoms with E-state index < -0.39 is 35.8 Å². The van der Waals surface area contributed by atoms with Crippen molar-refractivity contribution in [3.8, 4) is 5.75 Å². The minimum atomic E-state index is -4.86. The van der Waals surface area contributed by atoms with Crippen molar-refractivity contribution in [2.24, 2.45) is 10.2 Å². The first-order valence-corrected chi connectivity index (χ1v) is 11.3. The fourth-order valence-electron chi connectivity index (χ4n) is 2.55. The van der Waals surface area contributed by atoms with E-state index in [1.54, 1.807) is 0 Å². The number of nitrogens with two attached hydrogens (primary N) is 1. The van der Waals surface area contributed by atoms with Crippen LogP contribution in [0.3, 0.4) is 0 Å². The molecule has 0 heterocycles. The Kier molecular flexibility index (Phi) is 10.0. The Balaban J connectivity index is 0.00000256. The normalized spacial score (nSPS) is 11.9. The Hall–Kier alpha value is -0.480. The Labute approximate surface area is 236 Å². The van der Waals surface area contributed by atoms with Gasteiger partial charge in [0, 0.05) is 5.39 Å². The molecule has 0 fully saturated rings. The second-order valence-electron chi connectivity index (χ2n) is 5.89. The van der Waals surface area contributed by atoms with E-state index in [1.165, 1.54) is 12.1 Å². The maximum absolute atomic E-state index is 12.4. The van der Waals surface area contributed by atoms with Crippen molar-refractivity contribution in [2.75, 3.05) is 5.73 Å². The van der Waals surface area contributed by atoms with E-state index in [4.69, 9.17) is 33.5 Å². The van der Waals surface area contributed by atoms with Gasteiger partial charge in [0.05, 0.1) is 20.6 Å². The van der Waals surface area contributed by atoms with E-state index in [0.717, 1.165) is 18.2 Å². The summed E-state index contributed by atoms with van der Waals surface area (Å²) < 4.78 is 65.3. The molecule has 0 saturated carbocycles. The number of azo groups is 1. The van der Waals surface area contributed by atoms with Gasteiger partial charge in [-0.1, -0.05) is 41.1 Å². The fourth-order valence-corrected chi connectivity index (χ4v) is 4.36. The van der Waals surface area contributed by atoms with Crippen molar-refractivity contribution in [2.45, 2.75) is 9.79 Å². The minimum absolute atomic E-state index is 0. The predicted molar refractivity (Wildman–Crippen MR) is 106 cm³/mol. The summed E-state index contributed by atoms with van der Waals surface area (Å²) in [7, 11) is -9.48. The predicted octanol–water partition coefficient (Wildman–Crippen LogP) is -2.62. The smallest absolute Gasteiger partial charge is 0.872 e. The van der Waals surface area contributed by atoms with Crippen LogP contribution in [-0.2, 0) is 20.2 Å². The molecular formula is C16H9Cl2N3Na2O7S2. The molecule has 0 unspecified atom stereocenters. The van der Waals surface area contributed by atoms with Crippen LogP contribution in [0.1, 0.15) is 0 Å².